The quantitative estimate of drug-likeness (QED) is 0.771. The second kappa shape index (κ2) is 6.87. The van der Waals surface area contributed by atoms with E-state index in [0.717, 1.165) is 5.56 Å². The minimum atomic E-state index is -0.444. The van der Waals surface area contributed by atoms with Gasteiger partial charge in [-0.15, -0.1) is 0 Å². The van der Waals surface area contributed by atoms with Crippen LogP contribution in [0, 0.1) is 6.07 Å². The van der Waals surface area contributed by atoms with Crippen LogP contribution < -0.4 is 5.32 Å². The van der Waals surface area contributed by atoms with E-state index in [2.05, 4.69) is 26.3 Å². The smallest absolute Gasteiger partial charge is 0.258 e. The molecule has 0 aliphatic carbocycles. The molecule has 0 spiro atoms. The summed E-state index contributed by atoms with van der Waals surface area (Å²) in [6.07, 6.45) is 2.91. The number of nitrogens with one attached hydrogen (secondary N) is 1. The highest BCUT2D eigenvalue weighted by molar-refractivity contribution is 5.96. The van der Waals surface area contributed by atoms with Gasteiger partial charge in [0.25, 0.3) is 5.91 Å². The van der Waals surface area contributed by atoms with Gasteiger partial charge < -0.3 is 10.4 Å². The molecule has 6 nitrogen and oxygen atoms in total. The molecule has 2 aromatic heterocycles. The summed E-state index contributed by atoms with van der Waals surface area (Å²) in [5.41, 5.74) is 1.48. The normalized spacial score (nSPS) is 11.7. The fourth-order valence-electron chi connectivity index (χ4n) is 2.20. The largest absolute Gasteiger partial charge is 0.493 e. The lowest BCUT2D eigenvalue weighted by atomic mass is 10.1. The van der Waals surface area contributed by atoms with Crippen LogP contribution in [0.15, 0.2) is 54.9 Å². The summed E-state index contributed by atoms with van der Waals surface area (Å²) in [4.78, 5) is 24.5. The molecule has 0 fully saturated rings. The fourth-order valence-corrected chi connectivity index (χ4v) is 2.20. The molecule has 6 heteroatoms. The number of pyridine rings is 1. The Labute approximate surface area is 139 Å². The van der Waals surface area contributed by atoms with E-state index in [0.29, 0.717) is 5.69 Å². The van der Waals surface area contributed by atoms with E-state index >= 15 is 0 Å². The lowest BCUT2D eigenvalue weighted by molar-refractivity contribution is 0.0936. The molecule has 0 aliphatic rings. The van der Waals surface area contributed by atoms with Crippen molar-refractivity contribution >= 4 is 5.91 Å². The van der Waals surface area contributed by atoms with Gasteiger partial charge in [-0.2, -0.15) is 4.98 Å². The molecule has 119 valence electrons. The molecular formula is C18H15N4O2. The van der Waals surface area contributed by atoms with E-state index in [-0.39, 0.29) is 23.3 Å². The number of hydrogen-bond donors (Lipinski definition) is 2. The summed E-state index contributed by atoms with van der Waals surface area (Å²) in [6.45, 7) is 1.85. The minimum absolute atomic E-state index is 0.0176. The van der Waals surface area contributed by atoms with E-state index in [1.54, 1.807) is 36.5 Å². The highest BCUT2D eigenvalue weighted by atomic mass is 16.3. The van der Waals surface area contributed by atoms with Crippen molar-refractivity contribution in [3.05, 3.63) is 72.1 Å². The zero-order valence-corrected chi connectivity index (χ0v) is 13.0. The van der Waals surface area contributed by atoms with Crippen molar-refractivity contribution in [1.29, 1.82) is 0 Å². The van der Waals surface area contributed by atoms with Gasteiger partial charge >= 0.3 is 0 Å². The maximum absolute atomic E-state index is 12.3. The number of hydrogen-bond acceptors (Lipinski definition) is 5. The fraction of sp³-hybridized carbons (Fsp3) is 0.111. The van der Waals surface area contributed by atoms with Crippen molar-refractivity contribution in [2.24, 2.45) is 0 Å². The van der Waals surface area contributed by atoms with Crippen LogP contribution in [0.4, 0.5) is 0 Å². The third kappa shape index (κ3) is 3.38. The lowest BCUT2D eigenvalue weighted by Crippen LogP contribution is -2.27. The first-order chi connectivity index (χ1) is 11.6. The first-order valence-electron chi connectivity index (χ1n) is 7.39. The predicted octanol–water partition coefficient (Wildman–Crippen LogP) is 2.54. The number of carbonyl (C=O) groups excluding carboxylic acids is 1. The van der Waals surface area contributed by atoms with Gasteiger partial charge in [0.1, 0.15) is 11.3 Å². The van der Waals surface area contributed by atoms with Crippen molar-refractivity contribution < 1.29 is 9.90 Å². The van der Waals surface area contributed by atoms with E-state index < -0.39 is 5.91 Å². The zero-order chi connectivity index (χ0) is 16.9. The standard InChI is InChI=1S/C18H15N4O2/c1-12(13-7-3-2-4-8-13)21-17(23)14-11-20-16(22-18(14)24)15-9-5-6-10-19-15/h3-12H,1H3,(H,21,23)(H,20,22,24). The van der Waals surface area contributed by atoms with E-state index in [1.165, 1.54) is 6.20 Å². The molecule has 0 saturated heterocycles. The molecule has 1 radical (unpaired) electrons. The Balaban J connectivity index is 1.78. The molecule has 1 atom stereocenters. The van der Waals surface area contributed by atoms with Gasteiger partial charge in [-0.25, -0.2) is 4.98 Å². The Morgan fingerprint density at radius 1 is 1.21 bits per heavy atom. The van der Waals surface area contributed by atoms with Crippen LogP contribution in [0.1, 0.15) is 28.9 Å². The van der Waals surface area contributed by atoms with Gasteiger partial charge in [0.15, 0.2) is 5.82 Å². The van der Waals surface area contributed by atoms with E-state index in [1.807, 2.05) is 19.1 Å². The molecule has 0 bridgehead atoms. The highest BCUT2D eigenvalue weighted by Gasteiger charge is 2.17. The number of benzene rings is 1. The Morgan fingerprint density at radius 2 is 2.00 bits per heavy atom. The van der Waals surface area contributed by atoms with Crippen LogP contribution in [-0.4, -0.2) is 26.0 Å². The third-order valence-corrected chi connectivity index (χ3v) is 3.50. The lowest BCUT2D eigenvalue weighted by Gasteiger charge is -2.14. The summed E-state index contributed by atoms with van der Waals surface area (Å²) in [5, 5.41) is 12.9. The van der Waals surface area contributed by atoms with Crippen LogP contribution in [0.5, 0.6) is 5.88 Å². The number of amides is 1. The molecule has 24 heavy (non-hydrogen) atoms. The van der Waals surface area contributed by atoms with Gasteiger partial charge in [0.2, 0.25) is 5.88 Å². The molecule has 3 rings (SSSR count). The topological polar surface area (TPSA) is 88.0 Å². The average molecular weight is 319 g/mol. The Kier molecular flexibility index (Phi) is 4.47. The SMILES string of the molecule is CC(NC(=O)c1cnc(-c2ccccn2)nc1O)c1cc[c]cc1. The van der Waals surface area contributed by atoms with Crippen LogP contribution >= 0.6 is 0 Å². The predicted molar refractivity (Wildman–Crippen MR) is 88.1 cm³/mol. The first-order valence-corrected chi connectivity index (χ1v) is 7.39. The summed E-state index contributed by atoms with van der Waals surface area (Å²) in [6, 6.07) is 15.3. The maximum atomic E-state index is 12.3. The van der Waals surface area contributed by atoms with Crippen LogP contribution in [-0.2, 0) is 0 Å². The minimum Gasteiger partial charge on any atom is -0.493 e. The Morgan fingerprint density at radius 3 is 2.67 bits per heavy atom. The van der Waals surface area contributed by atoms with Gasteiger partial charge in [0.05, 0.1) is 6.04 Å². The van der Waals surface area contributed by atoms with Crippen molar-refractivity contribution in [2.45, 2.75) is 13.0 Å². The van der Waals surface area contributed by atoms with Crippen molar-refractivity contribution in [3.63, 3.8) is 0 Å². The van der Waals surface area contributed by atoms with Crippen molar-refractivity contribution in [1.82, 2.24) is 20.3 Å². The van der Waals surface area contributed by atoms with Gasteiger partial charge in [-0.3, -0.25) is 9.78 Å². The summed E-state index contributed by atoms with van der Waals surface area (Å²) in [5.74, 6) is -0.562. The van der Waals surface area contributed by atoms with Crippen molar-refractivity contribution in [2.75, 3.05) is 0 Å². The van der Waals surface area contributed by atoms with Crippen LogP contribution in [0.3, 0.4) is 0 Å². The van der Waals surface area contributed by atoms with Gasteiger partial charge in [0, 0.05) is 12.4 Å². The molecule has 1 aromatic carbocycles. The molecular weight excluding hydrogens is 304 g/mol. The number of aromatic nitrogens is 3. The summed E-state index contributed by atoms with van der Waals surface area (Å²) < 4.78 is 0. The molecule has 2 N–H and O–H groups in total. The van der Waals surface area contributed by atoms with E-state index in [4.69, 9.17) is 0 Å². The van der Waals surface area contributed by atoms with Crippen molar-refractivity contribution in [3.8, 4) is 17.4 Å². The molecule has 2 heterocycles. The van der Waals surface area contributed by atoms with Gasteiger partial charge in [-0.1, -0.05) is 30.3 Å². The van der Waals surface area contributed by atoms with E-state index in [9.17, 15) is 9.90 Å². The molecule has 3 aromatic rings. The van der Waals surface area contributed by atoms with Crippen LogP contribution in [0.25, 0.3) is 11.5 Å². The summed E-state index contributed by atoms with van der Waals surface area (Å²) >= 11 is 0. The Bertz CT molecular complexity index is 838. The monoisotopic (exact) mass is 319 g/mol. The Hall–Kier alpha value is -3.28. The number of carbonyl (C=O) groups is 1. The first kappa shape index (κ1) is 15.6. The average Bonchev–Trinajstić information content (AvgIpc) is 2.63. The molecule has 1 unspecified atom stereocenters. The third-order valence-electron chi connectivity index (χ3n) is 3.50. The van der Waals surface area contributed by atoms with Gasteiger partial charge in [-0.05, 0) is 30.7 Å². The summed E-state index contributed by atoms with van der Waals surface area (Å²) in [7, 11) is 0. The maximum Gasteiger partial charge on any atom is 0.258 e. The molecule has 0 aliphatic heterocycles. The number of aromatic hydroxyl groups is 1. The second-order valence-electron chi connectivity index (χ2n) is 5.17. The number of rotatable bonds is 4. The number of nitrogens with zero attached hydrogens (tertiary/aromatic N) is 3. The second-order valence-corrected chi connectivity index (χ2v) is 5.17. The van der Waals surface area contributed by atoms with Crippen LogP contribution in [0.2, 0.25) is 0 Å². The molecule has 0 saturated carbocycles. The zero-order valence-electron chi connectivity index (χ0n) is 13.0. The highest BCUT2D eigenvalue weighted by Crippen LogP contribution is 2.19. The molecule has 1 amide bonds.